The molecule has 17 heavy (non-hydrogen) atoms. The van der Waals surface area contributed by atoms with Crippen molar-refractivity contribution in [3.63, 3.8) is 0 Å². The van der Waals surface area contributed by atoms with E-state index in [1.165, 1.54) is 0 Å². The SMILES string of the molecule is CCc1nc(CC)n(CC(N)(CO)C2CC2)n1. The molecule has 1 atom stereocenters. The number of rotatable bonds is 6. The van der Waals surface area contributed by atoms with E-state index in [0.717, 1.165) is 37.3 Å². The van der Waals surface area contributed by atoms with Crippen LogP contribution in [0.5, 0.6) is 0 Å². The monoisotopic (exact) mass is 238 g/mol. The smallest absolute Gasteiger partial charge is 0.150 e. The highest BCUT2D eigenvalue weighted by molar-refractivity contribution is 5.01. The van der Waals surface area contributed by atoms with Crippen LogP contribution >= 0.6 is 0 Å². The van der Waals surface area contributed by atoms with Gasteiger partial charge in [-0.3, -0.25) is 0 Å². The Morgan fingerprint density at radius 1 is 1.41 bits per heavy atom. The number of aromatic nitrogens is 3. The van der Waals surface area contributed by atoms with E-state index < -0.39 is 5.54 Å². The summed E-state index contributed by atoms with van der Waals surface area (Å²) in [6.45, 7) is 4.70. The molecule has 96 valence electrons. The van der Waals surface area contributed by atoms with E-state index in [2.05, 4.69) is 17.0 Å². The molecule has 1 heterocycles. The van der Waals surface area contributed by atoms with Crippen LogP contribution in [0.25, 0.3) is 0 Å². The van der Waals surface area contributed by atoms with Gasteiger partial charge in [0.25, 0.3) is 0 Å². The summed E-state index contributed by atoms with van der Waals surface area (Å²) in [6.07, 6.45) is 3.92. The number of hydrogen-bond acceptors (Lipinski definition) is 4. The average Bonchev–Trinajstić information content (AvgIpc) is 3.12. The van der Waals surface area contributed by atoms with Crippen molar-refractivity contribution >= 4 is 0 Å². The molecule has 0 spiro atoms. The topological polar surface area (TPSA) is 77.0 Å². The van der Waals surface area contributed by atoms with Crippen molar-refractivity contribution in [2.75, 3.05) is 6.61 Å². The van der Waals surface area contributed by atoms with Crippen LogP contribution in [0.1, 0.15) is 38.3 Å². The zero-order valence-electron chi connectivity index (χ0n) is 10.7. The summed E-state index contributed by atoms with van der Waals surface area (Å²) in [7, 11) is 0. The Kier molecular flexibility index (Phi) is 3.49. The van der Waals surface area contributed by atoms with Gasteiger partial charge in [-0.15, -0.1) is 0 Å². The van der Waals surface area contributed by atoms with E-state index in [1.807, 2.05) is 11.6 Å². The first-order chi connectivity index (χ1) is 8.12. The van der Waals surface area contributed by atoms with Crippen molar-refractivity contribution in [1.29, 1.82) is 0 Å². The third-order valence-corrected chi connectivity index (χ3v) is 3.55. The Morgan fingerprint density at radius 3 is 2.59 bits per heavy atom. The van der Waals surface area contributed by atoms with Gasteiger partial charge in [0.15, 0.2) is 5.82 Å². The number of aliphatic hydroxyl groups is 1. The van der Waals surface area contributed by atoms with E-state index in [-0.39, 0.29) is 6.61 Å². The molecule has 0 aliphatic heterocycles. The number of nitrogens with two attached hydrogens (primary N) is 1. The van der Waals surface area contributed by atoms with Crippen LogP contribution in [0, 0.1) is 5.92 Å². The Morgan fingerprint density at radius 2 is 2.12 bits per heavy atom. The Balaban J connectivity index is 2.18. The second kappa shape index (κ2) is 4.74. The van der Waals surface area contributed by atoms with Crippen LogP contribution in [-0.2, 0) is 19.4 Å². The molecule has 1 saturated carbocycles. The summed E-state index contributed by atoms with van der Waals surface area (Å²) < 4.78 is 1.88. The van der Waals surface area contributed by atoms with Crippen LogP contribution in [0.3, 0.4) is 0 Å². The van der Waals surface area contributed by atoms with Gasteiger partial charge in [0.2, 0.25) is 0 Å². The highest BCUT2D eigenvalue weighted by atomic mass is 16.3. The van der Waals surface area contributed by atoms with Gasteiger partial charge in [-0.05, 0) is 18.8 Å². The lowest BCUT2D eigenvalue weighted by molar-refractivity contribution is 0.153. The summed E-state index contributed by atoms with van der Waals surface area (Å²) in [5.74, 6) is 2.26. The first-order valence-electron chi connectivity index (χ1n) is 6.45. The van der Waals surface area contributed by atoms with Crippen molar-refractivity contribution in [2.24, 2.45) is 11.7 Å². The molecule has 1 aromatic heterocycles. The third-order valence-electron chi connectivity index (χ3n) is 3.55. The molecular weight excluding hydrogens is 216 g/mol. The number of hydrogen-bond donors (Lipinski definition) is 2. The quantitative estimate of drug-likeness (QED) is 0.756. The van der Waals surface area contributed by atoms with Gasteiger partial charge in [0.1, 0.15) is 5.82 Å². The van der Waals surface area contributed by atoms with Gasteiger partial charge in [0.05, 0.1) is 18.7 Å². The zero-order valence-corrected chi connectivity index (χ0v) is 10.7. The molecule has 0 radical (unpaired) electrons. The number of aliphatic hydroxyl groups excluding tert-OH is 1. The fourth-order valence-electron chi connectivity index (χ4n) is 2.21. The number of aryl methyl sites for hydroxylation is 2. The second-order valence-electron chi connectivity index (χ2n) is 4.97. The zero-order chi connectivity index (χ0) is 12.5. The summed E-state index contributed by atoms with van der Waals surface area (Å²) in [6, 6.07) is 0. The maximum absolute atomic E-state index is 9.50. The minimum absolute atomic E-state index is 0.0160. The lowest BCUT2D eigenvalue weighted by Crippen LogP contribution is -2.50. The lowest BCUT2D eigenvalue weighted by Gasteiger charge is -2.27. The van der Waals surface area contributed by atoms with Gasteiger partial charge >= 0.3 is 0 Å². The maximum Gasteiger partial charge on any atom is 0.150 e. The minimum atomic E-state index is -0.525. The first-order valence-corrected chi connectivity index (χ1v) is 6.45. The molecule has 5 nitrogen and oxygen atoms in total. The summed E-state index contributed by atoms with van der Waals surface area (Å²) in [5.41, 5.74) is 5.75. The Hall–Kier alpha value is -0.940. The van der Waals surface area contributed by atoms with Crippen LogP contribution in [0.4, 0.5) is 0 Å². The van der Waals surface area contributed by atoms with E-state index >= 15 is 0 Å². The molecule has 0 saturated heterocycles. The van der Waals surface area contributed by atoms with Crippen LogP contribution in [-0.4, -0.2) is 32.0 Å². The standard InChI is InChI=1S/C12H22N4O/c1-3-10-14-11(4-2)16(15-10)7-12(13,8-17)9-5-6-9/h9,17H,3-8,13H2,1-2H3. The Bertz CT molecular complexity index is 386. The molecule has 0 amide bonds. The van der Waals surface area contributed by atoms with Crippen LogP contribution < -0.4 is 5.73 Å². The molecule has 5 heteroatoms. The molecule has 1 aliphatic carbocycles. The predicted octanol–water partition coefficient (Wildman–Crippen LogP) is 0.503. The molecule has 1 aliphatic rings. The minimum Gasteiger partial charge on any atom is -0.394 e. The molecule has 0 bridgehead atoms. The third kappa shape index (κ3) is 2.50. The van der Waals surface area contributed by atoms with Crippen molar-refractivity contribution < 1.29 is 5.11 Å². The summed E-state index contributed by atoms with van der Waals surface area (Å²) in [5, 5.41) is 14.0. The fraction of sp³-hybridized carbons (Fsp3) is 0.833. The van der Waals surface area contributed by atoms with E-state index in [0.29, 0.717) is 12.5 Å². The van der Waals surface area contributed by atoms with Crippen molar-refractivity contribution in [1.82, 2.24) is 14.8 Å². The predicted molar refractivity (Wildman–Crippen MR) is 65.5 cm³/mol. The molecule has 0 aromatic carbocycles. The van der Waals surface area contributed by atoms with E-state index in [9.17, 15) is 5.11 Å². The van der Waals surface area contributed by atoms with Gasteiger partial charge in [-0.25, -0.2) is 9.67 Å². The van der Waals surface area contributed by atoms with Crippen molar-refractivity contribution in [3.05, 3.63) is 11.6 Å². The number of nitrogens with zero attached hydrogens (tertiary/aromatic N) is 3. The van der Waals surface area contributed by atoms with Gasteiger partial charge < -0.3 is 10.8 Å². The van der Waals surface area contributed by atoms with Crippen LogP contribution in [0.2, 0.25) is 0 Å². The summed E-state index contributed by atoms with van der Waals surface area (Å²) >= 11 is 0. The van der Waals surface area contributed by atoms with E-state index in [1.54, 1.807) is 0 Å². The highest BCUT2D eigenvalue weighted by Gasteiger charge is 2.42. The van der Waals surface area contributed by atoms with Gasteiger partial charge in [-0.2, -0.15) is 5.10 Å². The lowest BCUT2D eigenvalue weighted by atomic mass is 9.96. The van der Waals surface area contributed by atoms with Gasteiger partial charge in [-0.1, -0.05) is 13.8 Å². The molecule has 2 rings (SSSR count). The maximum atomic E-state index is 9.50. The molecule has 3 N–H and O–H groups in total. The van der Waals surface area contributed by atoms with E-state index in [4.69, 9.17) is 5.73 Å². The van der Waals surface area contributed by atoms with Crippen molar-refractivity contribution in [3.8, 4) is 0 Å². The van der Waals surface area contributed by atoms with Crippen LogP contribution in [0.15, 0.2) is 0 Å². The summed E-state index contributed by atoms with van der Waals surface area (Å²) in [4.78, 5) is 4.46. The molecule has 1 fully saturated rings. The second-order valence-corrected chi connectivity index (χ2v) is 4.97. The largest absolute Gasteiger partial charge is 0.394 e. The molecule has 1 aromatic rings. The molecule has 1 unspecified atom stereocenters. The average molecular weight is 238 g/mol. The van der Waals surface area contributed by atoms with Gasteiger partial charge in [0, 0.05) is 12.8 Å². The fourth-order valence-corrected chi connectivity index (χ4v) is 2.21. The molecular formula is C12H22N4O. The highest BCUT2D eigenvalue weighted by Crippen LogP contribution is 2.38. The van der Waals surface area contributed by atoms with Crippen molar-refractivity contribution in [2.45, 2.75) is 51.6 Å². The normalized spacial score (nSPS) is 19.3. The first kappa shape index (κ1) is 12.5. The Labute approximate surface area is 102 Å².